The third-order valence-corrected chi connectivity index (χ3v) is 5.26. The van der Waals surface area contributed by atoms with Crippen LogP contribution in [0.4, 0.5) is 0 Å². The highest BCUT2D eigenvalue weighted by molar-refractivity contribution is 5.76. The zero-order valence-corrected chi connectivity index (χ0v) is 12.7. The lowest BCUT2D eigenvalue weighted by molar-refractivity contribution is -0.134. The Morgan fingerprint density at radius 2 is 1.68 bits per heavy atom. The molecule has 110 valence electrons. The predicted octanol–water partition coefficient (Wildman–Crippen LogP) is 2.80. The molecule has 1 aliphatic heterocycles. The van der Waals surface area contributed by atoms with Crippen molar-refractivity contribution in [3.8, 4) is 0 Å². The van der Waals surface area contributed by atoms with Crippen LogP contribution < -0.4 is 5.32 Å². The third kappa shape index (κ3) is 4.20. The summed E-state index contributed by atoms with van der Waals surface area (Å²) < 4.78 is 0. The van der Waals surface area contributed by atoms with Gasteiger partial charge in [0, 0.05) is 19.5 Å². The van der Waals surface area contributed by atoms with Crippen LogP contribution in [0.2, 0.25) is 0 Å². The molecule has 0 aromatic carbocycles. The van der Waals surface area contributed by atoms with E-state index in [4.69, 9.17) is 0 Å². The molecule has 1 aliphatic carbocycles. The smallest absolute Gasteiger partial charge is 0.222 e. The van der Waals surface area contributed by atoms with Gasteiger partial charge in [-0.15, -0.1) is 0 Å². The summed E-state index contributed by atoms with van der Waals surface area (Å²) in [6.07, 6.45) is 9.47. The molecular formula is C16H30N2O. The molecule has 2 fully saturated rings. The number of rotatable bonds is 4. The predicted molar refractivity (Wildman–Crippen MR) is 79.0 cm³/mol. The highest BCUT2D eigenvalue weighted by Gasteiger charge is 2.27. The van der Waals surface area contributed by atoms with Gasteiger partial charge in [0.05, 0.1) is 0 Å². The van der Waals surface area contributed by atoms with E-state index in [1.54, 1.807) is 0 Å². The van der Waals surface area contributed by atoms with Gasteiger partial charge in [-0.2, -0.15) is 0 Å². The van der Waals surface area contributed by atoms with Crippen molar-refractivity contribution in [3.05, 3.63) is 0 Å². The molecule has 0 aromatic heterocycles. The lowest BCUT2D eigenvalue weighted by atomic mass is 9.84. The minimum atomic E-state index is 0.381. The van der Waals surface area contributed by atoms with E-state index < -0.39 is 0 Å². The van der Waals surface area contributed by atoms with Crippen molar-refractivity contribution >= 4 is 5.91 Å². The lowest BCUT2D eigenvalue weighted by Crippen LogP contribution is -2.41. The summed E-state index contributed by atoms with van der Waals surface area (Å²) in [7, 11) is 2.03. The van der Waals surface area contributed by atoms with Gasteiger partial charge in [0.2, 0.25) is 5.91 Å². The first kappa shape index (κ1) is 14.8. The van der Waals surface area contributed by atoms with Crippen molar-refractivity contribution in [2.24, 2.45) is 11.8 Å². The molecule has 3 nitrogen and oxygen atoms in total. The van der Waals surface area contributed by atoms with Crippen molar-refractivity contribution in [2.45, 2.75) is 64.3 Å². The van der Waals surface area contributed by atoms with Gasteiger partial charge in [-0.1, -0.05) is 13.3 Å². The highest BCUT2D eigenvalue weighted by Crippen LogP contribution is 2.29. The largest absolute Gasteiger partial charge is 0.343 e. The Kier molecular flexibility index (Phi) is 5.68. The molecule has 0 spiro atoms. The van der Waals surface area contributed by atoms with Crippen LogP contribution in [0.25, 0.3) is 0 Å². The fourth-order valence-corrected chi connectivity index (χ4v) is 3.62. The van der Waals surface area contributed by atoms with Gasteiger partial charge in [-0.05, 0) is 63.5 Å². The molecule has 1 heterocycles. The van der Waals surface area contributed by atoms with E-state index in [0.717, 1.165) is 25.4 Å². The van der Waals surface area contributed by atoms with Crippen LogP contribution >= 0.6 is 0 Å². The van der Waals surface area contributed by atoms with Crippen molar-refractivity contribution in [1.29, 1.82) is 0 Å². The summed E-state index contributed by atoms with van der Waals surface area (Å²) >= 11 is 0. The minimum absolute atomic E-state index is 0.381. The molecule has 3 heteroatoms. The van der Waals surface area contributed by atoms with Crippen LogP contribution in [-0.2, 0) is 4.79 Å². The van der Waals surface area contributed by atoms with E-state index >= 15 is 0 Å². The zero-order chi connectivity index (χ0) is 13.7. The second-order valence-corrected chi connectivity index (χ2v) is 6.48. The average molecular weight is 266 g/mol. The molecule has 0 aromatic rings. The number of carbonyl (C=O) groups is 1. The first-order chi connectivity index (χ1) is 9.20. The van der Waals surface area contributed by atoms with Crippen molar-refractivity contribution in [3.63, 3.8) is 0 Å². The van der Waals surface area contributed by atoms with Gasteiger partial charge in [-0.25, -0.2) is 0 Å². The van der Waals surface area contributed by atoms with E-state index in [2.05, 4.69) is 17.1 Å². The molecule has 1 amide bonds. The SMILES string of the molecule is CCC1CCC(N(C)C(=O)CC2CCNCC2)CC1. The second-order valence-electron chi connectivity index (χ2n) is 6.48. The molecule has 2 aliphatic rings. The van der Waals surface area contributed by atoms with Gasteiger partial charge < -0.3 is 10.2 Å². The summed E-state index contributed by atoms with van der Waals surface area (Å²) in [5.74, 6) is 1.90. The summed E-state index contributed by atoms with van der Waals surface area (Å²) in [5, 5.41) is 3.37. The maximum absolute atomic E-state index is 12.4. The van der Waals surface area contributed by atoms with Crippen molar-refractivity contribution in [1.82, 2.24) is 10.2 Å². The molecular weight excluding hydrogens is 236 g/mol. The minimum Gasteiger partial charge on any atom is -0.343 e. The Labute approximate surface area is 118 Å². The third-order valence-electron chi connectivity index (χ3n) is 5.26. The molecule has 19 heavy (non-hydrogen) atoms. The van der Waals surface area contributed by atoms with Crippen LogP contribution in [0.15, 0.2) is 0 Å². The molecule has 1 saturated heterocycles. The van der Waals surface area contributed by atoms with Gasteiger partial charge in [-0.3, -0.25) is 4.79 Å². The summed E-state index contributed by atoms with van der Waals surface area (Å²) in [6.45, 7) is 4.46. The van der Waals surface area contributed by atoms with E-state index in [1.807, 2.05) is 7.05 Å². The zero-order valence-electron chi connectivity index (χ0n) is 12.7. The number of nitrogens with zero attached hydrogens (tertiary/aromatic N) is 1. The molecule has 0 atom stereocenters. The number of nitrogens with one attached hydrogen (secondary N) is 1. The number of piperidine rings is 1. The fourth-order valence-electron chi connectivity index (χ4n) is 3.62. The Bertz CT molecular complexity index is 278. The first-order valence-electron chi connectivity index (χ1n) is 8.17. The molecule has 2 rings (SSSR count). The number of hydrogen-bond donors (Lipinski definition) is 1. The van der Waals surface area contributed by atoms with Gasteiger partial charge in [0.25, 0.3) is 0 Å². The Morgan fingerprint density at radius 1 is 1.05 bits per heavy atom. The second kappa shape index (κ2) is 7.28. The van der Waals surface area contributed by atoms with Crippen LogP contribution in [0, 0.1) is 11.8 Å². The molecule has 0 radical (unpaired) electrons. The quantitative estimate of drug-likeness (QED) is 0.848. The van der Waals surface area contributed by atoms with Crippen LogP contribution in [0.1, 0.15) is 58.3 Å². The summed E-state index contributed by atoms with van der Waals surface area (Å²) in [4.78, 5) is 14.4. The maximum atomic E-state index is 12.4. The Hall–Kier alpha value is -0.570. The topological polar surface area (TPSA) is 32.3 Å². The van der Waals surface area contributed by atoms with E-state index in [9.17, 15) is 4.79 Å². The van der Waals surface area contributed by atoms with E-state index in [1.165, 1.54) is 44.9 Å². The summed E-state index contributed by atoms with van der Waals surface area (Å²) in [5.41, 5.74) is 0. The van der Waals surface area contributed by atoms with Crippen LogP contribution in [0.3, 0.4) is 0 Å². The standard InChI is InChI=1S/C16H30N2O/c1-3-13-4-6-15(7-5-13)18(2)16(19)12-14-8-10-17-11-9-14/h13-15,17H,3-12H2,1-2H3. The highest BCUT2D eigenvalue weighted by atomic mass is 16.2. The van der Waals surface area contributed by atoms with Crippen LogP contribution in [0.5, 0.6) is 0 Å². The molecule has 1 saturated carbocycles. The Morgan fingerprint density at radius 3 is 2.26 bits per heavy atom. The monoisotopic (exact) mass is 266 g/mol. The van der Waals surface area contributed by atoms with E-state index in [-0.39, 0.29) is 0 Å². The number of amides is 1. The van der Waals surface area contributed by atoms with Gasteiger partial charge in [0.15, 0.2) is 0 Å². The van der Waals surface area contributed by atoms with Crippen molar-refractivity contribution in [2.75, 3.05) is 20.1 Å². The molecule has 0 bridgehead atoms. The normalized spacial score (nSPS) is 29.2. The lowest BCUT2D eigenvalue weighted by Gasteiger charge is -2.35. The maximum Gasteiger partial charge on any atom is 0.222 e. The van der Waals surface area contributed by atoms with Crippen molar-refractivity contribution < 1.29 is 4.79 Å². The molecule has 1 N–H and O–H groups in total. The first-order valence-corrected chi connectivity index (χ1v) is 8.17. The van der Waals surface area contributed by atoms with Gasteiger partial charge in [0.1, 0.15) is 0 Å². The average Bonchev–Trinajstić information content (AvgIpc) is 2.47. The van der Waals surface area contributed by atoms with Gasteiger partial charge >= 0.3 is 0 Å². The Balaban J connectivity index is 1.75. The fraction of sp³-hybridized carbons (Fsp3) is 0.938. The number of carbonyl (C=O) groups excluding carboxylic acids is 1. The number of hydrogen-bond acceptors (Lipinski definition) is 2. The summed E-state index contributed by atoms with van der Waals surface area (Å²) in [6, 6.07) is 0.511. The van der Waals surface area contributed by atoms with E-state index in [0.29, 0.717) is 17.9 Å². The molecule has 0 unspecified atom stereocenters. The van der Waals surface area contributed by atoms with Crippen LogP contribution in [-0.4, -0.2) is 37.0 Å².